The molecule has 6 heteroatoms. The molecule has 3 aromatic heterocycles. The zero-order valence-electron chi connectivity index (χ0n) is 17.3. The fourth-order valence-corrected chi connectivity index (χ4v) is 3.80. The molecule has 0 aliphatic rings. The molecule has 0 unspecified atom stereocenters. The van der Waals surface area contributed by atoms with Crippen LogP contribution in [0.15, 0.2) is 77.5 Å². The molecule has 0 spiro atoms. The molecular weight excluding hydrogens is 390 g/mol. The Morgan fingerprint density at radius 2 is 1.97 bits per heavy atom. The number of methoxy groups -OCH3 is 1. The van der Waals surface area contributed by atoms with Gasteiger partial charge in [0.2, 0.25) is 5.91 Å². The predicted octanol–water partition coefficient (Wildman–Crippen LogP) is 5.25. The van der Waals surface area contributed by atoms with Gasteiger partial charge in [0.15, 0.2) is 0 Å². The highest BCUT2D eigenvalue weighted by Gasteiger charge is 2.18. The lowest BCUT2D eigenvalue weighted by Crippen LogP contribution is -2.16. The van der Waals surface area contributed by atoms with Crippen molar-refractivity contribution in [3.63, 3.8) is 0 Å². The Kier molecular flexibility index (Phi) is 4.67. The molecule has 0 saturated heterocycles. The summed E-state index contributed by atoms with van der Waals surface area (Å²) in [7, 11) is 1.61. The summed E-state index contributed by atoms with van der Waals surface area (Å²) >= 11 is 0. The molecule has 0 aliphatic carbocycles. The van der Waals surface area contributed by atoms with Crippen LogP contribution in [0.5, 0.6) is 5.75 Å². The second kappa shape index (κ2) is 7.65. The van der Waals surface area contributed by atoms with E-state index in [-0.39, 0.29) is 12.3 Å². The minimum Gasteiger partial charge on any atom is -0.497 e. The number of nitrogens with zero attached hydrogens (tertiary/aromatic N) is 2. The molecular formula is C25H21N3O3. The van der Waals surface area contributed by atoms with Crippen LogP contribution in [-0.2, 0) is 11.2 Å². The summed E-state index contributed by atoms with van der Waals surface area (Å²) in [5.41, 5.74) is 5.05. The van der Waals surface area contributed by atoms with Gasteiger partial charge >= 0.3 is 0 Å². The van der Waals surface area contributed by atoms with Crippen molar-refractivity contribution in [2.45, 2.75) is 13.3 Å². The van der Waals surface area contributed by atoms with Gasteiger partial charge in [-0.15, -0.1) is 0 Å². The van der Waals surface area contributed by atoms with E-state index >= 15 is 0 Å². The van der Waals surface area contributed by atoms with Gasteiger partial charge in [-0.05, 0) is 30.7 Å². The lowest BCUT2D eigenvalue weighted by Gasteiger charge is -2.08. The van der Waals surface area contributed by atoms with Crippen LogP contribution in [0.4, 0.5) is 5.82 Å². The number of imidazole rings is 1. The van der Waals surface area contributed by atoms with Crippen LogP contribution >= 0.6 is 0 Å². The number of nitrogens with one attached hydrogen (secondary N) is 1. The van der Waals surface area contributed by atoms with Crippen LogP contribution in [0.3, 0.4) is 0 Å². The Hall–Kier alpha value is -4.06. The number of rotatable bonds is 5. The van der Waals surface area contributed by atoms with Gasteiger partial charge in [0.25, 0.3) is 0 Å². The van der Waals surface area contributed by atoms with Gasteiger partial charge < -0.3 is 14.5 Å². The Balaban J connectivity index is 1.50. The molecule has 1 N–H and O–H groups in total. The third-order valence-corrected chi connectivity index (χ3v) is 5.36. The summed E-state index contributed by atoms with van der Waals surface area (Å²) in [6.07, 6.45) is 3.73. The monoisotopic (exact) mass is 411 g/mol. The van der Waals surface area contributed by atoms with Crippen LogP contribution < -0.4 is 10.1 Å². The molecule has 5 aromatic rings. The number of anilines is 1. The van der Waals surface area contributed by atoms with Crippen LogP contribution in [0.2, 0.25) is 0 Å². The summed E-state index contributed by atoms with van der Waals surface area (Å²) in [5, 5.41) is 3.98. The molecule has 0 bridgehead atoms. The molecule has 2 aromatic carbocycles. The molecule has 0 aliphatic heterocycles. The number of aromatic nitrogens is 2. The van der Waals surface area contributed by atoms with Crippen molar-refractivity contribution < 1.29 is 13.9 Å². The molecule has 0 saturated carbocycles. The van der Waals surface area contributed by atoms with E-state index in [0.717, 1.165) is 33.4 Å². The van der Waals surface area contributed by atoms with E-state index < -0.39 is 0 Å². The zero-order valence-corrected chi connectivity index (χ0v) is 17.3. The molecule has 0 radical (unpaired) electrons. The minimum atomic E-state index is -0.140. The SMILES string of the molecule is COc1ccc2c(CC(=O)Nc3c(-c4ccccc4)nc4c(C)cccn34)coc2c1. The Morgan fingerprint density at radius 3 is 2.77 bits per heavy atom. The fraction of sp³-hybridized carbons (Fsp3) is 0.120. The van der Waals surface area contributed by atoms with Crippen LogP contribution in [0.1, 0.15) is 11.1 Å². The maximum atomic E-state index is 13.0. The van der Waals surface area contributed by atoms with Gasteiger partial charge in [-0.3, -0.25) is 9.20 Å². The largest absolute Gasteiger partial charge is 0.497 e. The number of aryl methyl sites for hydroxylation is 1. The third-order valence-electron chi connectivity index (χ3n) is 5.36. The molecule has 154 valence electrons. The van der Waals surface area contributed by atoms with Gasteiger partial charge in [-0.2, -0.15) is 0 Å². The van der Waals surface area contributed by atoms with E-state index in [1.807, 2.05) is 78.2 Å². The van der Waals surface area contributed by atoms with Crippen molar-refractivity contribution >= 4 is 28.3 Å². The van der Waals surface area contributed by atoms with E-state index in [1.165, 1.54) is 0 Å². The molecule has 6 nitrogen and oxygen atoms in total. The van der Waals surface area contributed by atoms with E-state index in [4.69, 9.17) is 14.1 Å². The predicted molar refractivity (Wildman–Crippen MR) is 120 cm³/mol. The average Bonchev–Trinajstić information content (AvgIpc) is 3.36. The lowest BCUT2D eigenvalue weighted by atomic mass is 10.1. The number of pyridine rings is 1. The van der Waals surface area contributed by atoms with Gasteiger partial charge in [0.05, 0.1) is 19.8 Å². The maximum Gasteiger partial charge on any atom is 0.230 e. The summed E-state index contributed by atoms with van der Waals surface area (Å²) in [6, 6.07) is 19.4. The van der Waals surface area contributed by atoms with E-state index in [0.29, 0.717) is 17.2 Å². The van der Waals surface area contributed by atoms with Crippen molar-refractivity contribution in [1.82, 2.24) is 9.38 Å². The van der Waals surface area contributed by atoms with Gasteiger partial charge in [0.1, 0.15) is 28.5 Å². The highest BCUT2D eigenvalue weighted by atomic mass is 16.5. The van der Waals surface area contributed by atoms with Crippen molar-refractivity contribution in [3.05, 3.63) is 84.3 Å². The summed E-state index contributed by atoms with van der Waals surface area (Å²) < 4.78 is 12.8. The molecule has 1 amide bonds. The number of fused-ring (bicyclic) bond motifs is 2. The molecule has 0 fully saturated rings. The van der Waals surface area contributed by atoms with Crippen LogP contribution in [0, 0.1) is 6.92 Å². The molecule has 3 heterocycles. The van der Waals surface area contributed by atoms with E-state index in [9.17, 15) is 4.79 Å². The number of hydrogen-bond acceptors (Lipinski definition) is 4. The first-order valence-electron chi connectivity index (χ1n) is 10.0. The quantitative estimate of drug-likeness (QED) is 0.429. The van der Waals surface area contributed by atoms with Gasteiger partial charge in [-0.1, -0.05) is 36.4 Å². The number of carbonyl (C=O) groups excluding carboxylic acids is 1. The zero-order chi connectivity index (χ0) is 21.4. The smallest absolute Gasteiger partial charge is 0.230 e. The first-order chi connectivity index (χ1) is 15.1. The first kappa shape index (κ1) is 18.9. The van der Waals surface area contributed by atoms with Crippen molar-refractivity contribution in [1.29, 1.82) is 0 Å². The van der Waals surface area contributed by atoms with Gasteiger partial charge in [0, 0.05) is 28.8 Å². The Labute approximate surface area is 179 Å². The Bertz CT molecular complexity index is 1400. The summed E-state index contributed by atoms with van der Waals surface area (Å²) in [6.45, 7) is 2.01. The van der Waals surface area contributed by atoms with E-state index in [1.54, 1.807) is 13.4 Å². The number of benzene rings is 2. The minimum absolute atomic E-state index is 0.140. The second-order valence-corrected chi connectivity index (χ2v) is 7.41. The lowest BCUT2D eigenvalue weighted by molar-refractivity contribution is -0.115. The van der Waals surface area contributed by atoms with Gasteiger partial charge in [-0.25, -0.2) is 4.98 Å². The van der Waals surface area contributed by atoms with Crippen LogP contribution in [0.25, 0.3) is 27.9 Å². The third kappa shape index (κ3) is 3.42. The number of hydrogen-bond donors (Lipinski definition) is 1. The maximum absolute atomic E-state index is 13.0. The van der Waals surface area contributed by atoms with E-state index in [2.05, 4.69) is 5.32 Å². The molecule has 5 rings (SSSR count). The number of ether oxygens (including phenoxy) is 1. The highest BCUT2D eigenvalue weighted by Crippen LogP contribution is 2.30. The van der Waals surface area contributed by atoms with Crippen molar-refractivity contribution in [3.8, 4) is 17.0 Å². The summed E-state index contributed by atoms with van der Waals surface area (Å²) in [4.78, 5) is 17.9. The Morgan fingerprint density at radius 1 is 1.13 bits per heavy atom. The van der Waals surface area contributed by atoms with Crippen LogP contribution in [-0.4, -0.2) is 22.4 Å². The average molecular weight is 411 g/mol. The number of furan rings is 1. The first-order valence-corrected chi connectivity index (χ1v) is 10.0. The fourth-order valence-electron chi connectivity index (χ4n) is 3.80. The standard InChI is InChI=1S/C25H21N3O3/c1-16-7-6-12-28-24(16)27-23(17-8-4-3-5-9-17)25(28)26-22(29)13-18-15-31-21-14-19(30-2)10-11-20(18)21/h3-12,14-15H,13H2,1-2H3,(H,26,29). The second-order valence-electron chi connectivity index (χ2n) is 7.41. The number of amides is 1. The normalized spacial score (nSPS) is 11.2. The highest BCUT2D eigenvalue weighted by molar-refractivity contribution is 5.98. The topological polar surface area (TPSA) is 68.8 Å². The van der Waals surface area contributed by atoms with Crippen molar-refractivity contribution in [2.75, 3.05) is 12.4 Å². The summed E-state index contributed by atoms with van der Waals surface area (Å²) in [5.74, 6) is 1.23. The van der Waals surface area contributed by atoms with Crippen molar-refractivity contribution in [2.24, 2.45) is 0 Å². The number of carbonyl (C=O) groups is 1. The molecule has 0 atom stereocenters. The molecule has 31 heavy (non-hydrogen) atoms.